The third-order valence-corrected chi connectivity index (χ3v) is 3.00. The van der Waals surface area contributed by atoms with Gasteiger partial charge in [0.2, 0.25) is 0 Å². The van der Waals surface area contributed by atoms with E-state index >= 15 is 0 Å². The molecule has 2 rings (SSSR count). The van der Waals surface area contributed by atoms with Crippen molar-refractivity contribution in [3.63, 3.8) is 0 Å². The predicted molar refractivity (Wildman–Crippen MR) is 66.5 cm³/mol. The Bertz CT molecular complexity index is 448. The molecule has 1 aliphatic rings. The average molecular weight is 233 g/mol. The van der Waals surface area contributed by atoms with E-state index in [0.29, 0.717) is 6.54 Å². The number of rotatable bonds is 1. The summed E-state index contributed by atoms with van der Waals surface area (Å²) >= 11 is 0. The third-order valence-electron chi connectivity index (χ3n) is 3.00. The van der Waals surface area contributed by atoms with Crippen molar-refractivity contribution in [2.45, 2.75) is 45.4 Å². The third kappa shape index (κ3) is 2.20. The van der Waals surface area contributed by atoms with E-state index in [4.69, 9.17) is 4.74 Å². The quantitative estimate of drug-likeness (QED) is 0.757. The highest BCUT2D eigenvalue weighted by molar-refractivity contribution is 5.84. The fraction of sp³-hybridized carbons (Fsp3) is 0.500. The summed E-state index contributed by atoms with van der Waals surface area (Å²) in [7, 11) is 0. The molecule has 0 spiro atoms. The van der Waals surface area contributed by atoms with Crippen molar-refractivity contribution in [1.29, 1.82) is 0 Å². The van der Waals surface area contributed by atoms with E-state index in [2.05, 4.69) is 5.32 Å². The van der Waals surface area contributed by atoms with Gasteiger partial charge in [-0.2, -0.15) is 0 Å². The van der Waals surface area contributed by atoms with E-state index in [1.807, 2.05) is 52.0 Å². The number of hydrogen-bond donors (Lipinski definition) is 1. The lowest BCUT2D eigenvalue weighted by Crippen LogP contribution is -2.45. The molecule has 0 saturated heterocycles. The number of benzene rings is 1. The van der Waals surface area contributed by atoms with Gasteiger partial charge in [-0.05, 0) is 38.8 Å². The van der Waals surface area contributed by atoms with Gasteiger partial charge in [0, 0.05) is 6.54 Å². The van der Waals surface area contributed by atoms with Gasteiger partial charge in [-0.1, -0.05) is 24.3 Å². The van der Waals surface area contributed by atoms with Crippen LogP contribution in [0.25, 0.3) is 0 Å². The Morgan fingerprint density at radius 3 is 2.65 bits per heavy atom. The number of fused-ring (bicyclic) bond motifs is 1. The highest BCUT2D eigenvalue weighted by Gasteiger charge is 2.43. The lowest BCUT2D eigenvalue weighted by Gasteiger charge is -2.29. The van der Waals surface area contributed by atoms with Crippen molar-refractivity contribution >= 4 is 5.97 Å². The van der Waals surface area contributed by atoms with Gasteiger partial charge in [-0.25, -0.2) is 4.79 Å². The summed E-state index contributed by atoms with van der Waals surface area (Å²) in [5.41, 5.74) is 1.01. The first-order chi connectivity index (χ1) is 7.83. The molecule has 3 nitrogen and oxygen atoms in total. The van der Waals surface area contributed by atoms with Crippen molar-refractivity contribution in [3.8, 4) is 0 Å². The average Bonchev–Trinajstić information content (AvgIpc) is 2.56. The van der Waals surface area contributed by atoms with Gasteiger partial charge in [0.25, 0.3) is 0 Å². The fourth-order valence-electron chi connectivity index (χ4n) is 2.09. The Morgan fingerprint density at radius 1 is 1.35 bits per heavy atom. The molecule has 1 aromatic carbocycles. The van der Waals surface area contributed by atoms with Gasteiger partial charge >= 0.3 is 5.97 Å². The van der Waals surface area contributed by atoms with Gasteiger partial charge in [0.1, 0.15) is 11.1 Å². The maximum atomic E-state index is 12.3. The maximum absolute atomic E-state index is 12.3. The minimum atomic E-state index is -0.718. The van der Waals surface area contributed by atoms with Crippen molar-refractivity contribution in [2.75, 3.05) is 0 Å². The van der Waals surface area contributed by atoms with E-state index in [9.17, 15) is 4.79 Å². The Morgan fingerprint density at radius 2 is 2.00 bits per heavy atom. The number of nitrogens with one attached hydrogen (secondary N) is 1. The molecule has 0 aliphatic carbocycles. The molecule has 0 fully saturated rings. The SMILES string of the molecule is CC(C)(C)OC(=O)[C@@]1(C)NCc2ccccc21. The van der Waals surface area contributed by atoms with Crippen LogP contribution < -0.4 is 5.32 Å². The molecular weight excluding hydrogens is 214 g/mol. The number of hydrogen-bond acceptors (Lipinski definition) is 3. The summed E-state index contributed by atoms with van der Waals surface area (Å²) in [6.07, 6.45) is 0. The minimum absolute atomic E-state index is 0.213. The highest BCUT2D eigenvalue weighted by atomic mass is 16.6. The predicted octanol–water partition coefficient (Wildman–Crippen LogP) is 2.35. The van der Waals surface area contributed by atoms with E-state index in [0.717, 1.165) is 5.56 Å². The molecule has 0 bridgehead atoms. The van der Waals surface area contributed by atoms with Gasteiger partial charge in [-0.3, -0.25) is 5.32 Å². The fourth-order valence-corrected chi connectivity index (χ4v) is 2.09. The van der Waals surface area contributed by atoms with Gasteiger partial charge < -0.3 is 4.74 Å². The first kappa shape index (κ1) is 12.1. The monoisotopic (exact) mass is 233 g/mol. The summed E-state index contributed by atoms with van der Waals surface area (Å²) < 4.78 is 5.48. The van der Waals surface area contributed by atoms with E-state index in [-0.39, 0.29) is 5.97 Å². The zero-order valence-electron chi connectivity index (χ0n) is 10.8. The Hall–Kier alpha value is -1.35. The van der Waals surface area contributed by atoms with Crippen LogP contribution in [0, 0.1) is 0 Å². The second kappa shape index (κ2) is 3.84. The molecule has 1 atom stereocenters. The topological polar surface area (TPSA) is 38.3 Å². The van der Waals surface area contributed by atoms with Crippen LogP contribution in [0.2, 0.25) is 0 Å². The van der Waals surface area contributed by atoms with E-state index in [1.165, 1.54) is 5.56 Å². The van der Waals surface area contributed by atoms with E-state index < -0.39 is 11.1 Å². The Kier molecular flexibility index (Phi) is 2.74. The largest absolute Gasteiger partial charge is 0.458 e. The van der Waals surface area contributed by atoms with E-state index in [1.54, 1.807) is 0 Å². The standard InChI is InChI=1S/C14H19NO2/c1-13(2,3)17-12(16)14(4)11-8-6-5-7-10(11)9-15-14/h5-8,15H,9H2,1-4H3/t14-/m0/s1. The van der Waals surface area contributed by atoms with Crippen molar-refractivity contribution in [1.82, 2.24) is 5.32 Å². The number of esters is 1. The first-order valence-electron chi connectivity index (χ1n) is 5.90. The smallest absolute Gasteiger partial charge is 0.331 e. The Labute approximate surface area is 102 Å². The second-order valence-corrected chi connectivity index (χ2v) is 5.64. The van der Waals surface area contributed by atoms with Crippen molar-refractivity contribution in [2.24, 2.45) is 0 Å². The molecule has 0 radical (unpaired) electrons. The molecule has 1 aromatic rings. The van der Waals surface area contributed by atoms with Gasteiger partial charge in [0.05, 0.1) is 0 Å². The molecule has 0 amide bonds. The van der Waals surface area contributed by atoms with Crippen LogP contribution in [-0.4, -0.2) is 11.6 Å². The van der Waals surface area contributed by atoms with Crippen LogP contribution in [0.4, 0.5) is 0 Å². The van der Waals surface area contributed by atoms with Crippen LogP contribution in [0.3, 0.4) is 0 Å². The molecule has 1 aliphatic heterocycles. The zero-order valence-corrected chi connectivity index (χ0v) is 10.8. The molecule has 0 saturated carbocycles. The minimum Gasteiger partial charge on any atom is -0.458 e. The van der Waals surface area contributed by atoms with Crippen LogP contribution >= 0.6 is 0 Å². The van der Waals surface area contributed by atoms with Crippen molar-refractivity contribution in [3.05, 3.63) is 35.4 Å². The summed E-state index contributed by atoms with van der Waals surface area (Å²) in [6, 6.07) is 7.97. The molecule has 0 unspecified atom stereocenters. The lowest BCUT2D eigenvalue weighted by atomic mass is 9.92. The number of carbonyl (C=O) groups is 1. The normalized spacial score (nSPS) is 23.3. The maximum Gasteiger partial charge on any atom is 0.331 e. The molecule has 0 aromatic heterocycles. The van der Waals surface area contributed by atoms with Gasteiger partial charge in [-0.15, -0.1) is 0 Å². The summed E-state index contributed by atoms with van der Waals surface area (Å²) in [5, 5.41) is 3.25. The van der Waals surface area contributed by atoms with Crippen LogP contribution in [0.1, 0.15) is 38.8 Å². The molecular formula is C14H19NO2. The summed E-state index contributed by atoms with van der Waals surface area (Å²) in [4.78, 5) is 12.3. The number of ether oxygens (including phenoxy) is 1. The van der Waals surface area contributed by atoms with Crippen molar-refractivity contribution < 1.29 is 9.53 Å². The second-order valence-electron chi connectivity index (χ2n) is 5.64. The molecule has 1 N–H and O–H groups in total. The van der Waals surface area contributed by atoms with Crippen LogP contribution in [0.5, 0.6) is 0 Å². The summed E-state index contributed by atoms with van der Waals surface area (Å²) in [6.45, 7) is 8.25. The molecule has 17 heavy (non-hydrogen) atoms. The number of carbonyl (C=O) groups excluding carboxylic acids is 1. The van der Waals surface area contributed by atoms with Gasteiger partial charge in [0.15, 0.2) is 0 Å². The highest BCUT2D eigenvalue weighted by Crippen LogP contribution is 2.32. The zero-order chi connectivity index (χ0) is 12.7. The summed E-state index contributed by atoms with van der Waals surface area (Å²) in [5.74, 6) is -0.213. The first-order valence-corrected chi connectivity index (χ1v) is 5.90. The molecule has 92 valence electrons. The molecule has 3 heteroatoms. The lowest BCUT2D eigenvalue weighted by molar-refractivity contribution is -0.162. The van der Waals surface area contributed by atoms with Crippen LogP contribution in [-0.2, 0) is 21.6 Å². The Balaban J connectivity index is 2.30. The molecule has 1 heterocycles. The van der Waals surface area contributed by atoms with Crippen LogP contribution in [0.15, 0.2) is 24.3 Å².